The number of aryl methyl sites for hydroxylation is 2. The molecule has 0 aliphatic rings. The number of nitrogens with one attached hydrogen (secondary N) is 1. The summed E-state index contributed by atoms with van der Waals surface area (Å²) >= 11 is 0. The van der Waals surface area contributed by atoms with E-state index in [0.717, 1.165) is 4.57 Å². The smallest absolute Gasteiger partial charge is 0.300 e. The average Bonchev–Trinajstić information content (AvgIpc) is 2.62. The Labute approximate surface area is 94.2 Å². The highest BCUT2D eigenvalue weighted by atomic mass is 16.2. The fraction of sp³-hybridized carbons (Fsp3) is 0.375. The van der Waals surface area contributed by atoms with Crippen LogP contribution in [0.3, 0.4) is 0 Å². The van der Waals surface area contributed by atoms with Crippen molar-refractivity contribution in [1.82, 2.24) is 23.6 Å². The molecule has 2 aromatic heterocycles. The second-order valence-electron chi connectivity index (χ2n) is 3.55. The topological polar surface area (TPSA) is 112 Å². The zero-order chi connectivity index (χ0) is 12.7. The lowest BCUT2D eigenvalue weighted by Gasteiger charge is -2.02. The van der Waals surface area contributed by atoms with Crippen LogP contribution in [-0.4, -0.2) is 18.7 Å². The molecule has 0 radical (unpaired) electrons. The van der Waals surface area contributed by atoms with Crippen molar-refractivity contribution >= 4 is 17.1 Å². The van der Waals surface area contributed by atoms with Crippen LogP contribution in [0.2, 0.25) is 0 Å². The van der Waals surface area contributed by atoms with Crippen LogP contribution in [0.15, 0.2) is 14.7 Å². The standard InChI is InChI=1S/C8H10N7O2/c1-13-4-5(10-7(13)11-12-9)14(2)8(17)15(3)6(4)16/h9H,1-3H3/q+1. The van der Waals surface area contributed by atoms with Gasteiger partial charge in [0.2, 0.25) is 4.91 Å². The maximum atomic E-state index is 11.9. The molecule has 0 fully saturated rings. The number of fused-ring (bicyclic) bond motifs is 1. The minimum absolute atomic E-state index is 0.105. The van der Waals surface area contributed by atoms with Crippen LogP contribution < -0.4 is 16.2 Å². The van der Waals surface area contributed by atoms with Crippen molar-refractivity contribution in [2.45, 2.75) is 0 Å². The molecule has 0 bridgehead atoms. The lowest BCUT2D eigenvalue weighted by molar-refractivity contribution is 0.705. The van der Waals surface area contributed by atoms with Crippen molar-refractivity contribution in [2.24, 2.45) is 26.3 Å². The van der Waals surface area contributed by atoms with Crippen LogP contribution in [0.4, 0.5) is 5.95 Å². The number of nitrogens with zero attached hydrogens (tertiary/aromatic N) is 6. The molecule has 2 aromatic rings. The zero-order valence-corrected chi connectivity index (χ0v) is 9.50. The number of hydrogen-bond donors (Lipinski definition) is 1. The highest BCUT2D eigenvalue weighted by molar-refractivity contribution is 5.73. The van der Waals surface area contributed by atoms with Gasteiger partial charge < -0.3 is 0 Å². The van der Waals surface area contributed by atoms with E-state index in [0.29, 0.717) is 0 Å². The molecule has 17 heavy (non-hydrogen) atoms. The van der Waals surface area contributed by atoms with Crippen LogP contribution in [0.1, 0.15) is 0 Å². The van der Waals surface area contributed by atoms with E-state index in [1.54, 1.807) is 7.05 Å². The van der Waals surface area contributed by atoms with Gasteiger partial charge in [-0.3, -0.25) is 18.5 Å². The van der Waals surface area contributed by atoms with Gasteiger partial charge in [-0.2, -0.15) is 4.98 Å². The molecule has 9 heteroatoms. The van der Waals surface area contributed by atoms with Gasteiger partial charge in [-0.05, 0) is 0 Å². The van der Waals surface area contributed by atoms with Crippen LogP contribution >= 0.6 is 0 Å². The van der Waals surface area contributed by atoms with Gasteiger partial charge in [0.25, 0.3) is 5.56 Å². The lowest BCUT2D eigenvalue weighted by atomic mass is 10.5. The highest BCUT2D eigenvalue weighted by Crippen LogP contribution is 2.14. The largest absolute Gasteiger partial charge is 0.332 e. The molecule has 1 N–H and O–H groups in total. The summed E-state index contributed by atoms with van der Waals surface area (Å²) in [6.07, 6.45) is 0. The summed E-state index contributed by atoms with van der Waals surface area (Å²) in [6.45, 7) is 0. The molecule has 0 amide bonds. The first-order valence-corrected chi connectivity index (χ1v) is 4.69. The summed E-state index contributed by atoms with van der Waals surface area (Å²) < 4.78 is 3.64. The Bertz CT molecular complexity index is 772. The summed E-state index contributed by atoms with van der Waals surface area (Å²) in [6, 6.07) is 0. The number of aromatic nitrogens is 4. The van der Waals surface area contributed by atoms with Crippen molar-refractivity contribution in [3.63, 3.8) is 0 Å². The van der Waals surface area contributed by atoms with E-state index in [2.05, 4.69) is 15.0 Å². The van der Waals surface area contributed by atoms with E-state index in [-0.39, 0.29) is 17.1 Å². The predicted octanol–water partition coefficient (Wildman–Crippen LogP) is -0.847. The second kappa shape index (κ2) is 3.49. The van der Waals surface area contributed by atoms with Gasteiger partial charge in [-0.15, -0.1) is 0 Å². The van der Waals surface area contributed by atoms with Gasteiger partial charge in [0.15, 0.2) is 16.3 Å². The van der Waals surface area contributed by atoms with E-state index in [1.807, 2.05) is 0 Å². The van der Waals surface area contributed by atoms with Crippen LogP contribution in [0, 0.1) is 5.53 Å². The Morgan fingerprint density at radius 3 is 2.41 bits per heavy atom. The quantitative estimate of drug-likeness (QED) is 0.514. The summed E-state index contributed by atoms with van der Waals surface area (Å²) in [5, 5.41) is 3.46. The van der Waals surface area contributed by atoms with Crippen molar-refractivity contribution < 1.29 is 0 Å². The molecule has 2 rings (SSSR count). The van der Waals surface area contributed by atoms with Gasteiger partial charge in [0, 0.05) is 21.1 Å². The maximum Gasteiger partial charge on any atom is 0.332 e. The third-order valence-corrected chi connectivity index (χ3v) is 2.59. The molecule has 9 nitrogen and oxygen atoms in total. The van der Waals surface area contributed by atoms with Crippen molar-refractivity contribution in [2.75, 3.05) is 0 Å². The Morgan fingerprint density at radius 2 is 1.82 bits per heavy atom. The molecular weight excluding hydrogens is 226 g/mol. The Kier molecular flexibility index (Phi) is 2.25. The second-order valence-corrected chi connectivity index (χ2v) is 3.55. The molecule has 0 saturated carbocycles. The molecule has 88 valence electrons. The van der Waals surface area contributed by atoms with E-state index in [4.69, 9.17) is 5.53 Å². The van der Waals surface area contributed by atoms with Crippen LogP contribution in [0.25, 0.3) is 11.2 Å². The first kappa shape index (κ1) is 11.0. The SMILES string of the molecule is Cn1c(=O)c2c(nc(N=[N+]=N)n2C)n(C)c1=O. The molecule has 0 saturated heterocycles. The monoisotopic (exact) mass is 236 g/mol. The van der Waals surface area contributed by atoms with E-state index in [9.17, 15) is 9.59 Å². The Hall–Kier alpha value is -2.54. The number of imidazole rings is 1. The first-order valence-electron chi connectivity index (χ1n) is 4.69. The van der Waals surface area contributed by atoms with Gasteiger partial charge in [-0.25, -0.2) is 4.79 Å². The summed E-state index contributed by atoms with van der Waals surface area (Å²) in [5.41, 5.74) is 6.21. The average molecular weight is 236 g/mol. The zero-order valence-electron chi connectivity index (χ0n) is 9.50. The van der Waals surface area contributed by atoms with Crippen molar-refractivity contribution in [3.8, 4) is 0 Å². The summed E-state index contributed by atoms with van der Waals surface area (Å²) in [7, 11) is 4.48. The lowest BCUT2D eigenvalue weighted by Crippen LogP contribution is -2.37. The highest BCUT2D eigenvalue weighted by Gasteiger charge is 2.18. The van der Waals surface area contributed by atoms with Crippen molar-refractivity contribution in [1.29, 1.82) is 5.53 Å². The van der Waals surface area contributed by atoms with Gasteiger partial charge in [-0.1, -0.05) is 0 Å². The minimum atomic E-state index is -0.463. The first-order chi connectivity index (χ1) is 7.99. The van der Waals surface area contributed by atoms with Gasteiger partial charge in [0.05, 0.1) is 0 Å². The molecule has 0 spiro atoms. The molecule has 0 aliphatic heterocycles. The van der Waals surface area contributed by atoms with Crippen molar-refractivity contribution in [3.05, 3.63) is 20.8 Å². The van der Waals surface area contributed by atoms with Gasteiger partial charge in [0.1, 0.15) is 5.53 Å². The summed E-state index contributed by atoms with van der Waals surface area (Å²) in [4.78, 5) is 30.4. The molecule has 0 aromatic carbocycles. The minimum Gasteiger partial charge on any atom is -0.300 e. The maximum absolute atomic E-state index is 11.9. The number of rotatable bonds is 1. The predicted molar refractivity (Wildman–Crippen MR) is 58.1 cm³/mol. The molecule has 0 atom stereocenters. The van der Waals surface area contributed by atoms with E-state index < -0.39 is 11.2 Å². The molecule has 0 aliphatic carbocycles. The van der Waals surface area contributed by atoms with E-state index >= 15 is 0 Å². The van der Waals surface area contributed by atoms with Crippen LogP contribution in [-0.2, 0) is 21.1 Å². The number of hydrogen-bond acceptors (Lipinski definition) is 5. The van der Waals surface area contributed by atoms with Gasteiger partial charge >= 0.3 is 11.6 Å². The third-order valence-electron chi connectivity index (χ3n) is 2.59. The molecule has 2 heterocycles. The van der Waals surface area contributed by atoms with E-state index in [1.165, 1.54) is 23.2 Å². The Balaban J connectivity index is 3.13. The van der Waals surface area contributed by atoms with Crippen LogP contribution in [0.5, 0.6) is 0 Å². The Morgan fingerprint density at radius 1 is 1.18 bits per heavy atom. The third kappa shape index (κ3) is 1.33. The summed E-state index contributed by atoms with van der Waals surface area (Å²) in [5.74, 6) is 0.105. The fourth-order valence-electron chi connectivity index (χ4n) is 1.64. The fourth-order valence-corrected chi connectivity index (χ4v) is 1.64. The molecular formula is C8H10N7O2+. The normalized spacial score (nSPS) is 10.5. The molecule has 0 unspecified atom stereocenters.